The van der Waals surface area contributed by atoms with E-state index in [0.29, 0.717) is 52.4 Å². The minimum absolute atomic E-state index is 0.549. The van der Waals surface area contributed by atoms with Crippen LogP contribution in [0.2, 0.25) is 0 Å². The van der Waals surface area contributed by atoms with Crippen LogP contribution in [0.25, 0.3) is 266 Å². The predicted molar refractivity (Wildman–Crippen MR) is 582 cm³/mol. The molecule has 660 valence electrons. The van der Waals surface area contributed by atoms with Crippen molar-refractivity contribution in [1.29, 1.82) is 0 Å². The highest BCUT2D eigenvalue weighted by atomic mass is 15.1. The summed E-state index contributed by atoms with van der Waals surface area (Å²) >= 11 is 0. The molecule has 0 saturated heterocycles. The van der Waals surface area contributed by atoms with Gasteiger partial charge >= 0.3 is 0 Å². The first-order valence-electron chi connectivity index (χ1n) is 48.6. The zero-order chi connectivity index (χ0) is 93.8. The van der Waals surface area contributed by atoms with Crippen LogP contribution in [0.1, 0.15) is 74.9 Å². The summed E-state index contributed by atoms with van der Waals surface area (Å²) in [6, 6.07) is 152. The molecule has 3 aliphatic carbocycles. The van der Waals surface area contributed by atoms with Crippen LogP contribution in [0.5, 0.6) is 0 Å². The van der Waals surface area contributed by atoms with Gasteiger partial charge in [0.15, 0.2) is 52.4 Å². The summed E-state index contributed by atoms with van der Waals surface area (Å²) in [7, 11) is 0. The fraction of sp³-hybridized carbons (Fsp3) is 0.0682. The largest absolute Gasteiger partial charge is 0.208 e. The van der Waals surface area contributed by atoms with Crippen LogP contribution in [0, 0.1) is 0 Å². The molecule has 0 aliphatic heterocycles. The van der Waals surface area contributed by atoms with Crippen LogP contribution in [-0.2, 0) is 16.2 Å². The summed E-state index contributed by atoms with van der Waals surface area (Å²) in [4.78, 5) is 46.6. The molecule has 22 aromatic carbocycles. The van der Waals surface area contributed by atoms with E-state index in [4.69, 9.17) is 44.9 Å². The minimum Gasteiger partial charge on any atom is -0.208 e. The molecule has 0 saturated carbocycles. The van der Waals surface area contributed by atoms with Crippen molar-refractivity contribution in [3.05, 3.63) is 452 Å². The lowest BCUT2D eigenvalue weighted by atomic mass is 9.71. The fourth-order valence-electron chi connectivity index (χ4n) is 23.9. The molecule has 0 radical (unpaired) electrons. The lowest BCUT2D eigenvalue weighted by Gasteiger charge is -2.31. The third kappa shape index (κ3) is 12.7. The second-order valence-electron chi connectivity index (χ2n) is 39.7. The SMILES string of the molecule is CC1(C)c2cc3c4cc(-c5cccc(-c6nc(-c7ccccc7)nc(-c7ccccc7)n6)c5)ccc4c4ccccc4c3cc2-c2c1c1c(c3c2C(C)(C)c2cc4c5cc(-c6cccc(-c7nc(-c8ccccc8)nc(-c8ccccc8)n7)c6)ccc5c5ccccc5c4cc2-3)C(C)(C)c2cc3c4cc(-c5cccc(-c6nc(-c7ccccc7)nc(-c7ccccc7)n6)c5)ccc4c4ccccc4c3cc2-1. The van der Waals surface area contributed by atoms with E-state index in [-0.39, 0.29) is 0 Å². The summed E-state index contributed by atoms with van der Waals surface area (Å²) < 4.78 is 0. The van der Waals surface area contributed by atoms with Gasteiger partial charge in [-0.15, -0.1) is 0 Å². The molecule has 0 bridgehead atoms. The lowest BCUT2D eigenvalue weighted by molar-refractivity contribution is 0.636. The van der Waals surface area contributed by atoms with Crippen molar-refractivity contribution >= 4 is 97.0 Å². The van der Waals surface area contributed by atoms with Crippen molar-refractivity contribution in [1.82, 2.24) is 44.9 Å². The van der Waals surface area contributed by atoms with E-state index in [9.17, 15) is 0 Å². The summed E-state index contributed by atoms with van der Waals surface area (Å²) in [5, 5.41) is 21.9. The van der Waals surface area contributed by atoms with Crippen LogP contribution >= 0.6 is 0 Å². The molecule has 141 heavy (non-hydrogen) atoms. The number of aromatic nitrogens is 9. The Bertz CT molecular complexity index is 8600. The maximum absolute atomic E-state index is 5.22. The van der Waals surface area contributed by atoms with Gasteiger partial charge in [-0.05, 0) is 270 Å². The molecular formula is C132H87N9. The maximum atomic E-state index is 5.22. The third-order valence-corrected chi connectivity index (χ3v) is 30.6. The topological polar surface area (TPSA) is 116 Å². The van der Waals surface area contributed by atoms with Crippen LogP contribution in [-0.4, -0.2) is 44.9 Å². The van der Waals surface area contributed by atoms with E-state index in [1.165, 1.54) is 164 Å². The Balaban J connectivity index is 0.659. The molecule has 9 nitrogen and oxygen atoms in total. The first-order valence-corrected chi connectivity index (χ1v) is 48.6. The number of fused-ring (bicyclic) bond motifs is 30. The summed E-state index contributed by atoms with van der Waals surface area (Å²) in [5.74, 6) is 5.61. The van der Waals surface area contributed by atoms with Gasteiger partial charge in [0.2, 0.25) is 0 Å². The second-order valence-corrected chi connectivity index (χ2v) is 39.7. The zero-order valence-corrected chi connectivity index (χ0v) is 78.4. The molecule has 3 aliphatic rings. The number of nitrogens with zero attached hydrogens (tertiary/aromatic N) is 9. The lowest BCUT2D eigenvalue weighted by Crippen LogP contribution is -2.22. The van der Waals surface area contributed by atoms with Crippen molar-refractivity contribution in [2.45, 2.75) is 57.8 Å². The highest BCUT2D eigenvalue weighted by Gasteiger charge is 2.53. The predicted octanol–water partition coefficient (Wildman–Crippen LogP) is 33.5. The Kier molecular flexibility index (Phi) is 18.0. The van der Waals surface area contributed by atoms with Crippen LogP contribution in [0.3, 0.4) is 0 Å². The van der Waals surface area contributed by atoms with Gasteiger partial charge in [0.1, 0.15) is 0 Å². The van der Waals surface area contributed by atoms with E-state index < -0.39 is 16.2 Å². The van der Waals surface area contributed by atoms with Gasteiger partial charge < -0.3 is 0 Å². The summed E-state index contributed by atoms with van der Waals surface area (Å²) in [5.41, 5.74) is 29.2. The van der Waals surface area contributed by atoms with Gasteiger partial charge in [-0.25, -0.2) is 44.9 Å². The van der Waals surface area contributed by atoms with E-state index in [1.807, 2.05) is 109 Å². The number of hydrogen-bond donors (Lipinski definition) is 0. The van der Waals surface area contributed by atoms with Crippen LogP contribution in [0.15, 0.2) is 419 Å². The minimum atomic E-state index is -0.549. The third-order valence-electron chi connectivity index (χ3n) is 30.6. The van der Waals surface area contributed by atoms with Gasteiger partial charge in [0.25, 0.3) is 0 Å². The smallest absolute Gasteiger partial charge is 0.164 e. The van der Waals surface area contributed by atoms with E-state index in [1.54, 1.807) is 0 Å². The Morgan fingerprint density at radius 2 is 0.291 bits per heavy atom. The first-order chi connectivity index (χ1) is 69.1. The highest BCUT2D eigenvalue weighted by molar-refractivity contribution is 6.31. The Hall–Kier alpha value is -17.8. The standard InChI is InChI=1S/C132H87N9/c1-130(2)112-73-106-100-67-85(82-46-31-49-88(64-82)127-136-121(76-34-13-7-14-35-76)133-122(137-127)77-36-15-8-16-37-77)58-61-97(100)91-52-25-28-55-94(91)103(106)70-109(112)115-118(130)116-110-71-104-95-56-29-26-53-92(95)98-62-59-86(83-47-32-50-89(65-83)128-138-123(78-38-17-9-18-39-78)134-124(139-128)79-40-19-10-20-41-79)68-101(98)107(104)74-113(110)131(3,4)120(116)117-111-72-105-96-57-30-27-54-93(96)99-63-60-87(69-102(99)108(105)75-114(111)132(5,6)119(115)117)84-48-33-51-90(66-84)129-140-125(80-42-21-11-22-43-80)135-126(141-129)81-44-23-12-24-45-81/h7-75H,1-6H3. The molecule has 3 aromatic heterocycles. The van der Waals surface area contributed by atoms with E-state index >= 15 is 0 Å². The molecular weight excluding hydrogens is 1710 g/mol. The molecule has 25 aromatic rings. The second kappa shape index (κ2) is 31.1. The molecule has 0 fully saturated rings. The Morgan fingerprint density at radius 1 is 0.128 bits per heavy atom. The Morgan fingerprint density at radius 3 is 0.518 bits per heavy atom. The highest BCUT2D eigenvalue weighted by Crippen LogP contribution is 2.69. The number of hydrogen-bond acceptors (Lipinski definition) is 9. The average Bonchev–Trinajstić information content (AvgIpc) is 1.48. The van der Waals surface area contributed by atoms with Crippen molar-refractivity contribution < 1.29 is 0 Å². The number of benzene rings is 22. The zero-order valence-electron chi connectivity index (χ0n) is 78.4. The van der Waals surface area contributed by atoms with Gasteiger partial charge in [0.05, 0.1) is 0 Å². The van der Waals surface area contributed by atoms with Crippen molar-refractivity contribution in [2.75, 3.05) is 0 Å². The molecule has 9 heteroatoms. The molecule has 0 unspecified atom stereocenters. The summed E-state index contributed by atoms with van der Waals surface area (Å²) in [6.07, 6.45) is 0. The van der Waals surface area contributed by atoms with Gasteiger partial charge in [-0.3, -0.25) is 0 Å². The Labute approximate surface area is 815 Å². The van der Waals surface area contributed by atoms with Gasteiger partial charge in [-0.1, -0.05) is 387 Å². The molecule has 3 heterocycles. The van der Waals surface area contributed by atoms with Crippen LogP contribution < -0.4 is 0 Å². The molecule has 0 N–H and O–H groups in total. The fourth-order valence-corrected chi connectivity index (χ4v) is 23.9. The molecule has 28 rings (SSSR count). The molecule has 0 spiro atoms. The normalized spacial score (nSPS) is 13.5. The van der Waals surface area contributed by atoms with Crippen molar-refractivity contribution in [2.24, 2.45) is 0 Å². The first kappa shape index (κ1) is 81.6. The quantitative estimate of drug-likeness (QED) is 0.110. The van der Waals surface area contributed by atoms with Crippen LogP contribution in [0.4, 0.5) is 0 Å². The average molecular weight is 1800 g/mol. The van der Waals surface area contributed by atoms with E-state index in [0.717, 1.165) is 83.5 Å². The summed E-state index contributed by atoms with van der Waals surface area (Å²) in [6.45, 7) is 15.3. The van der Waals surface area contributed by atoms with Crippen molar-refractivity contribution in [3.8, 4) is 169 Å². The number of rotatable bonds is 12. The van der Waals surface area contributed by atoms with E-state index in [2.05, 4.69) is 351 Å². The van der Waals surface area contributed by atoms with Gasteiger partial charge in [0, 0.05) is 66.3 Å². The molecule has 0 amide bonds. The van der Waals surface area contributed by atoms with Gasteiger partial charge in [-0.2, -0.15) is 0 Å². The monoisotopic (exact) mass is 1800 g/mol. The maximum Gasteiger partial charge on any atom is 0.164 e. The van der Waals surface area contributed by atoms with Crippen molar-refractivity contribution in [3.63, 3.8) is 0 Å². The molecule has 0 atom stereocenters.